The minimum Gasteiger partial charge on any atom is -0.496 e. The van der Waals surface area contributed by atoms with Gasteiger partial charge in [-0.2, -0.15) is 5.30 Å². The van der Waals surface area contributed by atoms with Crippen LogP contribution in [0.15, 0.2) is 18.2 Å². The van der Waals surface area contributed by atoms with Crippen molar-refractivity contribution in [3.63, 3.8) is 0 Å². The number of unbranched alkanes of at least 4 members (excludes halogenated alkanes) is 2. The third-order valence-electron chi connectivity index (χ3n) is 5.17. The van der Waals surface area contributed by atoms with Crippen LogP contribution in [-0.2, 0) is 4.79 Å². The van der Waals surface area contributed by atoms with Crippen molar-refractivity contribution in [2.45, 2.75) is 79.1 Å². The fraction of sp³-hybridized carbons (Fsp3) is 0.696. The van der Waals surface area contributed by atoms with Crippen LogP contribution in [0.5, 0.6) is 11.5 Å². The van der Waals surface area contributed by atoms with Crippen LogP contribution in [0.3, 0.4) is 0 Å². The van der Waals surface area contributed by atoms with Crippen molar-refractivity contribution in [3.8, 4) is 11.5 Å². The molecule has 0 spiro atoms. The van der Waals surface area contributed by atoms with Gasteiger partial charge in [-0.05, 0) is 36.8 Å². The van der Waals surface area contributed by atoms with E-state index in [0.29, 0.717) is 27.0 Å². The Kier molecular flexibility index (Phi) is 17.1. The summed E-state index contributed by atoms with van der Waals surface area (Å²) in [4.78, 5) is 11.0. The minimum atomic E-state index is 0. The Morgan fingerprint density at radius 1 is 0.929 bits per heavy atom. The molecule has 3 nitrogen and oxygen atoms in total. The van der Waals surface area contributed by atoms with Gasteiger partial charge in [-0.1, -0.05) is 72.3 Å². The van der Waals surface area contributed by atoms with Crippen molar-refractivity contribution in [1.82, 2.24) is 0 Å². The standard InChI is InChI=1S/C23H38O3P.Li/c1-5-9-11-19(7-3)16-25-21-13-14-23(27-18-24)22(15-21)26-17-20(8-4)12-10-6-2;/h13-15,18-20H,5-12,16-17H2,1-4H3;/q-1;+1. The Bertz CT molecular complexity index is 525. The van der Waals surface area contributed by atoms with Gasteiger partial charge in [0.1, 0.15) is 5.75 Å². The van der Waals surface area contributed by atoms with Crippen LogP contribution in [-0.4, -0.2) is 19.2 Å². The van der Waals surface area contributed by atoms with E-state index in [4.69, 9.17) is 9.47 Å². The van der Waals surface area contributed by atoms with Gasteiger partial charge in [-0.3, -0.25) is 0 Å². The number of benzene rings is 1. The van der Waals surface area contributed by atoms with Gasteiger partial charge < -0.3 is 22.8 Å². The first-order valence-corrected chi connectivity index (χ1v) is 11.7. The minimum absolute atomic E-state index is 0. The molecule has 1 rings (SSSR count). The van der Waals surface area contributed by atoms with E-state index in [9.17, 15) is 4.79 Å². The summed E-state index contributed by atoms with van der Waals surface area (Å²) in [5.41, 5.74) is 0. The van der Waals surface area contributed by atoms with E-state index in [1.807, 2.05) is 18.2 Å². The summed E-state index contributed by atoms with van der Waals surface area (Å²) < 4.78 is 12.2. The fourth-order valence-corrected chi connectivity index (χ4v) is 3.61. The van der Waals surface area contributed by atoms with E-state index in [2.05, 4.69) is 27.7 Å². The molecule has 0 bridgehead atoms. The third kappa shape index (κ3) is 10.9. The second kappa shape index (κ2) is 17.4. The summed E-state index contributed by atoms with van der Waals surface area (Å²) in [6, 6.07) is 6.79. The smallest absolute Gasteiger partial charge is 0.496 e. The van der Waals surface area contributed by atoms with E-state index in [-0.39, 0.29) is 18.9 Å². The molecule has 2 unspecified atom stereocenters. The van der Waals surface area contributed by atoms with Crippen LogP contribution in [0.25, 0.3) is 0 Å². The van der Waals surface area contributed by atoms with Crippen LogP contribution in [0.1, 0.15) is 79.1 Å². The normalized spacial score (nSPS) is 13.1. The Labute approximate surface area is 186 Å². The molecule has 1 aromatic rings. The Morgan fingerprint density at radius 3 is 2.00 bits per heavy atom. The molecule has 0 heterocycles. The predicted octanol–water partition coefficient (Wildman–Crippen LogP) is 3.64. The molecule has 0 N–H and O–H groups in total. The zero-order chi connectivity index (χ0) is 19.9. The van der Waals surface area contributed by atoms with Gasteiger partial charge in [0.25, 0.3) is 0 Å². The van der Waals surface area contributed by atoms with Gasteiger partial charge in [0, 0.05) is 6.07 Å². The first-order valence-electron chi connectivity index (χ1n) is 10.7. The van der Waals surface area contributed by atoms with Crippen molar-refractivity contribution in [2.75, 3.05) is 13.2 Å². The summed E-state index contributed by atoms with van der Waals surface area (Å²) in [6.07, 6.45) is 9.60. The van der Waals surface area contributed by atoms with Gasteiger partial charge in [-0.25, -0.2) is 0 Å². The third-order valence-corrected chi connectivity index (χ3v) is 5.92. The van der Waals surface area contributed by atoms with Crippen molar-refractivity contribution in [3.05, 3.63) is 18.2 Å². The van der Waals surface area contributed by atoms with Crippen LogP contribution >= 0.6 is 8.58 Å². The van der Waals surface area contributed by atoms with Crippen molar-refractivity contribution in [2.24, 2.45) is 11.8 Å². The molecule has 0 aliphatic rings. The number of hydrogen-bond acceptors (Lipinski definition) is 3. The van der Waals surface area contributed by atoms with E-state index >= 15 is 0 Å². The average molecular weight is 400 g/mol. The molecule has 154 valence electrons. The van der Waals surface area contributed by atoms with Crippen LogP contribution in [0.2, 0.25) is 0 Å². The Hall–Kier alpha value is -0.483. The first kappa shape index (κ1) is 27.5. The average Bonchev–Trinajstić information content (AvgIpc) is 2.70. The summed E-state index contributed by atoms with van der Waals surface area (Å²) in [5.74, 6) is 2.79. The number of rotatable bonds is 16. The molecule has 0 saturated heterocycles. The summed E-state index contributed by atoms with van der Waals surface area (Å²) in [5, 5.41) is 0.917. The summed E-state index contributed by atoms with van der Waals surface area (Å²) in [6.45, 7) is 10.3. The molecule has 0 aliphatic carbocycles. The number of hydrogen-bond donors (Lipinski definition) is 0. The molecule has 28 heavy (non-hydrogen) atoms. The Balaban J connectivity index is 0.00000729. The van der Waals surface area contributed by atoms with E-state index in [1.54, 1.807) is 0 Å². The second-order valence-corrected chi connectivity index (χ2v) is 8.27. The molecular formula is C23H38LiO3P. The number of carbonyl (C=O) groups excluding carboxylic acids is 1. The van der Waals surface area contributed by atoms with Crippen molar-refractivity contribution >= 4 is 19.9 Å². The zero-order valence-corrected chi connectivity index (χ0v) is 19.6. The van der Waals surface area contributed by atoms with Crippen LogP contribution < -0.4 is 33.6 Å². The molecule has 5 heteroatoms. The van der Waals surface area contributed by atoms with Gasteiger partial charge in [0.15, 0.2) is 0 Å². The predicted molar refractivity (Wildman–Crippen MR) is 117 cm³/mol. The van der Waals surface area contributed by atoms with E-state index in [1.165, 1.54) is 38.5 Å². The molecule has 1 aromatic carbocycles. The molecule has 0 radical (unpaired) electrons. The number of ether oxygens (including phenoxy) is 2. The van der Waals surface area contributed by atoms with Gasteiger partial charge in [0.05, 0.1) is 19.0 Å². The maximum Gasteiger partial charge on any atom is 1.00 e. The van der Waals surface area contributed by atoms with E-state index in [0.717, 1.165) is 42.3 Å². The maximum absolute atomic E-state index is 11.0. The first-order chi connectivity index (χ1) is 13.2. The topological polar surface area (TPSA) is 35.5 Å². The number of carbonyl (C=O) groups is 1. The summed E-state index contributed by atoms with van der Waals surface area (Å²) in [7, 11) is 0.645. The molecule has 0 fully saturated rings. The maximum atomic E-state index is 11.0. The molecule has 0 saturated carbocycles. The quantitative estimate of drug-likeness (QED) is 0.241. The molecule has 0 aliphatic heterocycles. The van der Waals surface area contributed by atoms with Crippen molar-refractivity contribution in [1.29, 1.82) is 0 Å². The molecular weight excluding hydrogens is 362 g/mol. The SMILES string of the molecule is CCCCC(CC)COc1ccc([P-]C=O)c(OCC(CC)CCCC)c1.[Li+]. The second-order valence-electron chi connectivity index (χ2n) is 7.32. The van der Waals surface area contributed by atoms with E-state index < -0.39 is 0 Å². The van der Waals surface area contributed by atoms with Gasteiger partial charge >= 0.3 is 18.9 Å². The van der Waals surface area contributed by atoms with Gasteiger partial charge in [0.2, 0.25) is 0 Å². The monoisotopic (exact) mass is 400 g/mol. The van der Waals surface area contributed by atoms with Crippen molar-refractivity contribution < 1.29 is 33.1 Å². The summed E-state index contributed by atoms with van der Waals surface area (Å²) >= 11 is 0. The molecule has 0 aromatic heterocycles. The van der Waals surface area contributed by atoms with Crippen LogP contribution in [0, 0.1) is 11.8 Å². The fourth-order valence-electron chi connectivity index (χ4n) is 3.08. The van der Waals surface area contributed by atoms with Crippen LogP contribution in [0.4, 0.5) is 0 Å². The zero-order valence-electron chi connectivity index (χ0n) is 18.7. The van der Waals surface area contributed by atoms with Gasteiger partial charge in [-0.15, -0.1) is 0 Å². The molecule has 0 amide bonds. The molecule has 2 atom stereocenters. The largest absolute Gasteiger partial charge is 1.00 e. The Morgan fingerprint density at radius 2 is 1.50 bits per heavy atom.